The van der Waals surface area contributed by atoms with E-state index in [1.165, 1.54) is 17.7 Å². The second-order valence-electron chi connectivity index (χ2n) is 4.37. The molecule has 0 amide bonds. The molecule has 1 saturated carbocycles. The van der Waals surface area contributed by atoms with Crippen molar-refractivity contribution in [3.63, 3.8) is 0 Å². The van der Waals surface area contributed by atoms with Crippen molar-refractivity contribution >= 4 is 5.69 Å². The third kappa shape index (κ3) is 1.94. The molecule has 2 aromatic carbocycles. The number of anilines is 1. The Morgan fingerprint density at radius 2 is 1.44 bits per heavy atom. The molecule has 1 fully saturated rings. The predicted octanol–water partition coefficient (Wildman–Crippen LogP) is 3.65. The van der Waals surface area contributed by atoms with Crippen molar-refractivity contribution < 1.29 is 0 Å². The van der Waals surface area contributed by atoms with E-state index in [1.54, 1.807) is 0 Å². The van der Waals surface area contributed by atoms with E-state index in [9.17, 15) is 0 Å². The number of benzene rings is 2. The topological polar surface area (TPSA) is 12.0 Å². The van der Waals surface area contributed by atoms with Crippen molar-refractivity contribution in [2.45, 2.75) is 18.4 Å². The zero-order chi connectivity index (χ0) is 10.8. The van der Waals surface area contributed by atoms with Gasteiger partial charge in [0, 0.05) is 17.6 Å². The number of hydrogen-bond donors (Lipinski definition) is 1. The molecule has 2 aromatic rings. The molecule has 2 unspecified atom stereocenters. The molecule has 0 bridgehead atoms. The molecule has 0 aliphatic heterocycles. The third-order valence-electron chi connectivity index (χ3n) is 3.14. The maximum Gasteiger partial charge on any atom is 0.0342 e. The Hall–Kier alpha value is -1.76. The second-order valence-corrected chi connectivity index (χ2v) is 4.37. The highest BCUT2D eigenvalue weighted by molar-refractivity contribution is 5.47. The van der Waals surface area contributed by atoms with Gasteiger partial charge in [0.15, 0.2) is 0 Å². The molecule has 1 aliphatic carbocycles. The summed E-state index contributed by atoms with van der Waals surface area (Å²) < 4.78 is 0. The molecule has 1 heteroatoms. The molecule has 1 N–H and O–H groups in total. The van der Waals surface area contributed by atoms with Crippen molar-refractivity contribution in [2.24, 2.45) is 0 Å². The summed E-state index contributed by atoms with van der Waals surface area (Å²) in [6, 6.07) is 21.8. The van der Waals surface area contributed by atoms with Crippen molar-refractivity contribution in [2.75, 3.05) is 5.32 Å². The summed E-state index contributed by atoms with van der Waals surface area (Å²) in [5, 5.41) is 3.56. The van der Waals surface area contributed by atoms with Crippen molar-refractivity contribution in [1.29, 1.82) is 0 Å². The van der Waals surface area contributed by atoms with E-state index in [0.717, 1.165) is 0 Å². The van der Waals surface area contributed by atoms with Crippen LogP contribution in [0, 0.1) is 0 Å². The van der Waals surface area contributed by atoms with Crippen molar-refractivity contribution in [1.82, 2.24) is 0 Å². The molecule has 1 aliphatic rings. The first-order valence-electron chi connectivity index (χ1n) is 5.80. The van der Waals surface area contributed by atoms with E-state index in [2.05, 4.69) is 59.9 Å². The largest absolute Gasteiger partial charge is 0.382 e. The van der Waals surface area contributed by atoms with Gasteiger partial charge in [-0.25, -0.2) is 0 Å². The van der Waals surface area contributed by atoms with E-state index in [1.807, 2.05) is 6.07 Å². The quantitative estimate of drug-likeness (QED) is 0.813. The first kappa shape index (κ1) is 9.46. The summed E-state index contributed by atoms with van der Waals surface area (Å²) in [5.74, 6) is 0.696. The van der Waals surface area contributed by atoms with Gasteiger partial charge in [-0.2, -0.15) is 0 Å². The Bertz CT molecular complexity index is 449. The summed E-state index contributed by atoms with van der Waals surface area (Å²) in [5.41, 5.74) is 2.68. The fourth-order valence-electron chi connectivity index (χ4n) is 2.17. The molecule has 2 atom stereocenters. The summed E-state index contributed by atoms with van der Waals surface area (Å²) in [7, 11) is 0. The predicted molar refractivity (Wildman–Crippen MR) is 67.7 cm³/mol. The molecule has 80 valence electrons. The summed E-state index contributed by atoms with van der Waals surface area (Å²) in [6.45, 7) is 0. The van der Waals surface area contributed by atoms with E-state index in [4.69, 9.17) is 0 Å². The lowest BCUT2D eigenvalue weighted by atomic mass is 10.1. The van der Waals surface area contributed by atoms with Crippen LogP contribution in [0.1, 0.15) is 17.9 Å². The van der Waals surface area contributed by atoms with Gasteiger partial charge in [0.05, 0.1) is 0 Å². The normalized spacial score (nSPS) is 22.8. The zero-order valence-electron chi connectivity index (χ0n) is 9.14. The SMILES string of the molecule is c1ccc(NC2CC2c2ccccc2)cc1. The Balaban J connectivity index is 1.65. The van der Waals surface area contributed by atoms with Gasteiger partial charge in [-0.1, -0.05) is 48.5 Å². The van der Waals surface area contributed by atoms with Crippen LogP contribution in [-0.2, 0) is 0 Å². The maximum atomic E-state index is 3.56. The van der Waals surface area contributed by atoms with E-state index < -0.39 is 0 Å². The Morgan fingerprint density at radius 1 is 0.812 bits per heavy atom. The van der Waals surface area contributed by atoms with Gasteiger partial charge < -0.3 is 5.32 Å². The molecule has 0 aromatic heterocycles. The van der Waals surface area contributed by atoms with Crippen LogP contribution in [-0.4, -0.2) is 6.04 Å². The van der Waals surface area contributed by atoms with Crippen LogP contribution in [0.3, 0.4) is 0 Å². The molecular formula is C15H15N. The highest BCUT2D eigenvalue weighted by atomic mass is 15.0. The average Bonchev–Trinajstić information content (AvgIpc) is 3.11. The second kappa shape index (κ2) is 4.01. The monoisotopic (exact) mass is 209 g/mol. The van der Waals surface area contributed by atoms with Gasteiger partial charge in [0.1, 0.15) is 0 Å². The molecule has 0 saturated heterocycles. The molecule has 16 heavy (non-hydrogen) atoms. The van der Waals surface area contributed by atoms with E-state index in [0.29, 0.717) is 12.0 Å². The molecule has 1 nitrogen and oxygen atoms in total. The number of rotatable bonds is 3. The minimum atomic E-state index is 0.616. The van der Waals surface area contributed by atoms with Gasteiger partial charge in [-0.05, 0) is 24.1 Å². The lowest BCUT2D eigenvalue weighted by molar-refractivity contribution is 1.05. The van der Waals surface area contributed by atoms with Crippen LogP contribution in [0.15, 0.2) is 60.7 Å². The van der Waals surface area contributed by atoms with Gasteiger partial charge in [-0.3, -0.25) is 0 Å². The highest BCUT2D eigenvalue weighted by Crippen LogP contribution is 2.42. The van der Waals surface area contributed by atoms with Crippen LogP contribution in [0.4, 0.5) is 5.69 Å². The van der Waals surface area contributed by atoms with Crippen LogP contribution in [0.2, 0.25) is 0 Å². The highest BCUT2D eigenvalue weighted by Gasteiger charge is 2.37. The molecule has 3 rings (SSSR count). The molecule has 0 heterocycles. The van der Waals surface area contributed by atoms with Crippen LogP contribution >= 0.6 is 0 Å². The zero-order valence-corrected chi connectivity index (χ0v) is 9.14. The number of hydrogen-bond acceptors (Lipinski definition) is 1. The van der Waals surface area contributed by atoms with E-state index in [-0.39, 0.29) is 0 Å². The van der Waals surface area contributed by atoms with Crippen LogP contribution < -0.4 is 5.32 Å². The van der Waals surface area contributed by atoms with Crippen molar-refractivity contribution in [3.8, 4) is 0 Å². The van der Waals surface area contributed by atoms with E-state index >= 15 is 0 Å². The molecular weight excluding hydrogens is 194 g/mol. The Morgan fingerprint density at radius 3 is 2.12 bits per heavy atom. The van der Waals surface area contributed by atoms with Gasteiger partial charge in [0.25, 0.3) is 0 Å². The first-order valence-corrected chi connectivity index (χ1v) is 5.80. The summed E-state index contributed by atoms with van der Waals surface area (Å²) >= 11 is 0. The minimum absolute atomic E-state index is 0.616. The number of para-hydroxylation sites is 1. The molecule has 0 radical (unpaired) electrons. The summed E-state index contributed by atoms with van der Waals surface area (Å²) in [4.78, 5) is 0. The molecule has 0 spiro atoms. The Kier molecular flexibility index (Phi) is 2.37. The third-order valence-corrected chi connectivity index (χ3v) is 3.14. The Labute approximate surface area is 96.1 Å². The fraction of sp³-hybridized carbons (Fsp3) is 0.200. The average molecular weight is 209 g/mol. The lowest BCUT2D eigenvalue weighted by Gasteiger charge is -2.05. The fourth-order valence-corrected chi connectivity index (χ4v) is 2.17. The van der Waals surface area contributed by atoms with Gasteiger partial charge >= 0.3 is 0 Å². The van der Waals surface area contributed by atoms with Crippen LogP contribution in [0.5, 0.6) is 0 Å². The summed E-state index contributed by atoms with van der Waals surface area (Å²) in [6.07, 6.45) is 1.25. The smallest absolute Gasteiger partial charge is 0.0342 e. The van der Waals surface area contributed by atoms with Gasteiger partial charge in [-0.15, -0.1) is 0 Å². The van der Waals surface area contributed by atoms with Gasteiger partial charge in [0.2, 0.25) is 0 Å². The lowest BCUT2D eigenvalue weighted by Crippen LogP contribution is -2.03. The first-order chi connectivity index (χ1) is 7.93. The number of nitrogens with one attached hydrogen (secondary N) is 1. The maximum absolute atomic E-state index is 3.56. The standard InChI is InChI=1S/C15H15N/c1-3-7-12(8-4-1)14-11-15(14)16-13-9-5-2-6-10-13/h1-10,14-16H,11H2. The van der Waals surface area contributed by atoms with Crippen molar-refractivity contribution in [3.05, 3.63) is 66.2 Å². The minimum Gasteiger partial charge on any atom is -0.382 e. The van der Waals surface area contributed by atoms with Crippen LogP contribution in [0.25, 0.3) is 0 Å².